The maximum Gasteiger partial charge on any atom is 0.305 e. The van der Waals surface area contributed by atoms with Gasteiger partial charge in [-0.2, -0.15) is 0 Å². The first-order chi connectivity index (χ1) is 12.0. The molecular formula is C18H25NO6. The molecule has 138 valence electrons. The Labute approximate surface area is 147 Å². The molecule has 0 unspecified atom stereocenters. The lowest BCUT2D eigenvalue weighted by molar-refractivity contribution is -0.385. The predicted molar refractivity (Wildman–Crippen MR) is 92.2 cm³/mol. The molecule has 0 spiro atoms. The second-order valence-electron chi connectivity index (χ2n) is 5.58. The molecule has 0 saturated heterocycles. The van der Waals surface area contributed by atoms with E-state index in [2.05, 4.69) is 0 Å². The average Bonchev–Trinajstić information content (AvgIpc) is 2.55. The summed E-state index contributed by atoms with van der Waals surface area (Å²) < 4.78 is 9.74. The molecule has 0 heterocycles. The summed E-state index contributed by atoms with van der Waals surface area (Å²) in [6, 6.07) is 4.95. The van der Waals surface area contributed by atoms with Gasteiger partial charge in [0.15, 0.2) is 0 Å². The molecule has 1 rings (SSSR count). The maximum atomic E-state index is 11.4. The molecule has 0 aliphatic carbocycles. The van der Waals surface area contributed by atoms with Crippen LogP contribution in [-0.4, -0.2) is 30.1 Å². The molecule has 0 bridgehead atoms. The van der Waals surface area contributed by atoms with Gasteiger partial charge in [0.2, 0.25) is 0 Å². The molecule has 1 aromatic carbocycles. The lowest BCUT2D eigenvalue weighted by atomic mass is 10.0. The normalized spacial score (nSPS) is 10.3. The number of esters is 2. The number of nitro groups is 1. The number of ether oxygens (including phenoxy) is 2. The van der Waals surface area contributed by atoms with Gasteiger partial charge in [0.05, 0.1) is 18.1 Å². The van der Waals surface area contributed by atoms with E-state index in [-0.39, 0.29) is 30.5 Å². The minimum atomic E-state index is -0.427. The summed E-state index contributed by atoms with van der Waals surface area (Å²) in [5, 5.41) is 11.1. The topological polar surface area (TPSA) is 95.7 Å². The van der Waals surface area contributed by atoms with Crippen LogP contribution in [-0.2, 0) is 31.9 Å². The highest BCUT2D eigenvalue weighted by atomic mass is 16.6. The number of benzene rings is 1. The minimum Gasteiger partial charge on any atom is -0.466 e. The third kappa shape index (κ3) is 8.28. The van der Waals surface area contributed by atoms with Crippen molar-refractivity contribution in [2.75, 3.05) is 13.2 Å². The number of carbonyl (C=O) groups is 2. The second kappa shape index (κ2) is 11.2. The van der Waals surface area contributed by atoms with Crippen molar-refractivity contribution in [3.63, 3.8) is 0 Å². The molecule has 0 fully saturated rings. The number of nitrogens with zero attached hydrogens (tertiary/aromatic N) is 1. The molecule has 7 heteroatoms. The van der Waals surface area contributed by atoms with Crippen molar-refractivity contribution in [3.05, 3.63) is 39.4 Å². The number of aryl methyl sites for hydroxylation is 2. The quantitative estimate of drug-likeness (QED) is 0.344. The standard InChI is InChI=1S/C18H25NO6/c1-3-24-17(20)9-5-7-14-11-15(13-16(12-14)19(22)23)8-6-10-18(21)25-4-2/h11-13H,3-10H2,1-2H3. The van der Waals surface area contributed by atoms with E-state index in [1.165, 1.54) is 12.1 Å². The van der Waals surface area contributed by atoms with Crippen LogP contribution in [0, 0.1) is 10.1 Å². The highest BCUT2D eigenvalue weighted by Gasteiger charge is 2.11. The number of carbonyl (C=O) groups excluding carboxylic acids is 2. The third-order valence-electron chi connectivity index (χ3n) is 3.55. The van der Waals surface area contributed by atoms with Crippen molar-refractivity contribution in [1.82, 2.24) is 0 Å². The summed E-state index contributed by atoms with van der Waals surface area (Å²) in [5.41, 5.74) is 1.65. The summed E-state index contributed by atoms with van der Waals surface area (Å²) in [4.78, 5) is 33.4. The van der Waals surface area contributed by atoms with Crippen molar-refractivity contribution >= 4 is 17.6 Å². The first-order valence-electron chi connectivity index (χ1n) is 8.54. The van der Waals surface area contributed by atoms with E-state index in [0.717, 1.165) is 11.1 Å². The first-order valence-corrected chi connectivity index (χ1v) is 8.54. The van der Waals surface area contributed by atoms with Crippen molar-refractivity contribution in [2.45, 2.75) is 52.4 Å². The Morgan fingerprint density at radius 2 is 1.36 bits per heavy atom. The molecule has 0 saturated carbocycles. The van der Waals surface area contributed by atoms with Crippen molar-refractivity contribution in [2.24, 2.45) is 0 Å². The van der Waals surface area contributed by atoms with Crippen LogP contribution in [0.25, 0.3) is 0 Å². The fraction of sp³-hybridized carbons (Fsp3) is 0.556. The van der Waals surface area contributed by atoms with Crippen LogP contribution in [0.2, 0.25) is 0 Å². The predicted octanol–water partition coefficient (Wildman–Crippen LogP) is 3.37. The van der Waals surface area contributed by atoms with Crippen LogP contribution in [0.5, 0.6) is 0 Å². The second-order valence-corrected chi connectivity index (χ2v) is 5.58. The lowest BCUT2D eigenvalue weighted by Crippen LogP contribution is -2.05. The van der Waals surface area contributed by atoms with E-state index in [4.69, 9.17) is 9.47 Å². The highest BCUT2D eigenvalue weighted by Crippen LogP contribution is 2.20. The zero-order valence-corrected chi connectivity index (χ0v) is 14.8. The number of hydrogen-bond acceptors (Lipinski definition) is 6. The largest absolute Gasteiger partial charge is 0.466 e. The number of non-ortho nitro benzene ring substituents is 1. The molecule has 0 aliphatic rings. The van der Waals surface area contributed by atoms with Crippen molar-refractivity contribution in [3.8, 4) is 0 Å². The van der Waals surface area contributed by atoms with Gasteiger partial charge in [-0.15, -0.1) is 0 Å². The summed E-state index contributed by atoms with van der Waals surface area (Å²) >= 11 is 0. The van der Waals surface area contributed by atoms with Gasteiger partial charge in [-0.25, -0.2) is 0 Å². The molecule has 1 aromatic rings. The molecule has 0 radical (unpaired) electrons. The van der Waals surface area contributed by atoms with Gasteiger partial charge in [-0.05, 0) is 50.7 Å². The first kappa shape index (κ1) is 20.6. The molecule has 0 atom stereocenters. The molecule has 0 aromatic heterocycles. The number of nitro benzene ring substituents is 1. The van der Waals surface area contributed by atoms with E-state index in [1.54, 1.807) is 13.8 Å². The van der Waals surface area contributed by atoms with Gasteiger partial charge >= 0.3 is 11.9 Å². The van der Waals surface area contributed by atoms with Crippen LogP contribution in [0.15, 0.2) is 18.2 Å². The van der Waals surface area contributed by atoms with Crippen LogP contribution in [0.4, 0.5) is 5.69 Å². The Morgan fingerprint density at radius 3 is 1.72 bits per heavy atom. The third-order valence-corrected chi connectivity index (χ3v) is 3.55. The van der Waals surface area contributed by atoms with E-state index in [9.17, 15) is 19.7 Å². The highest BCUT2D eigenvalue weighted by molar-refractivity contribution is 5.69. The van der Waals surface area contributed by atoms with Crippen molar-refractivity contribution < 1.29 is 24.0 Å². The molecule has 0 N–H and O–H groups in total. The molecular weight excluding hydrogens is 326 g/mol. The molecule has 0 aliphatic heterocycles. The van der Waals surface area contributed by atoms with E-state index in [0.29, 0.717) is 38.9 Å². The average molecular weight is 351 g/mol. The zero-order valence-electron chi connectivity index (χ0n) is 14.8. The van der Waals surface area contributed by atoms with Gasteiger partial charge in [0.25, 0.3) is 5.69 Å². The Balaban J connectivity index is 2.65. The Kier molecular flexibility index (Phi) is 9.21. The Morgan fingerprint density at radius 1 is 0.920 bits per heavy atom. The SMILES string of the molecule is CCOC(=O)CCCc1cc(CCCC(=O)OCC)cc([N+](=O)[O-])c1. The maximum absolute atomic E-state index is 11.4. The fourth-order valence-corrected chi connectivity index (χ4v) is 2.48. The van der Waals surface area contributed by atoms with Crippen LogP contribution in [0.1, 0.15) is 50.7 Å². The summed E-state index contributed by atoms with van der Waals surface area (Å²) in [5.74, 6) is -0.523. The van der Waals surface area contributed by atoms with Crippen LogP contribution < -0.4 is 0 Å². The summed E-state index contributed by atoms with van der Waals surface area (Å²) in [7, 11) is 0. The van der Waals surface area contributed by atoms with Gasteiger partial charge < -0.3 is 9.47 Å². The van der Waals surface area contributed by atoms with Crippen molar-refractivity contribution in [1.29, 1.82) is 0 Å². The number of rotatable bonds is 11. The van der Waals surface area contributed by atoms with Gasteiger partial charge in [0, 0.05) is 25.0 Å². The smallest absolute Gasteiger partial charge is 0.305 e. The van der Waals surface area contributed by atoms with Gasteiger partial charge in [-0.1, -0.05) is 6.07 Å². The fourth-order valence-electron chi connectivity index (χ4n) is 2.48. The molecule has 7 nitrogen and oxygen atoms in total. The minimum absolute atomic E-state index is 0.0276. The Bertz CT molecular complexity index is 557. The van der Waals surface area contributed by atoms with E-state index >= 15 is 0 Å². The number of hydrogen-bond donors (Lipinski definition) is 0. The van der Waals surface area contributed by atoms with Crippen LogP contribution >= 0.6 is 0 Å². The van der Waals surface area contributed by atoms with E-state index in [1.807, 2.05) is 6.07 Å². The van der Waals surface area contributed by atoms with E-state index < -0.39 is 4.92 Å². The van der Waals surface area contributed by atoms with Gasteiger partial charge in [0.1, 0.15) is 0 Å². The summed E-state index contributed by atoms with van der Waals surface area (Å²) in [6.45, 7) is 4.20. The van der Waals surface area contributed by atoms with Crippen LogP contribution in [0.3, 0.4) is 0 Å². The lowest BCUT2D eigenvalue weighted by Gasteiger charge is -2.07. The monoisotopic (exact) mass is 351 g/mol. The summed E-state index contributed by atoms with van der Waals surface area (Å²) in [6.07, 6.45) is 2.84. The Hall–Kier alpha value is -2.44. The molecule has 25 heavy (non-hydrogen) atoms. The van der Waals surface area contributed by atoms with Gasteiger partial charge in [-0.3, -0.25) is 19.7 Å². The molecule has 0 amide bonds. The zero-order chi connectivity index (χ0) is 18.7.